The zero-order valence-electron chi connectivity index (χ0n) is 9.73. The summed E-state index contributed by atoms with van der Waals surface area (Å²) < 4.78 is 0. The first-order valence-corrected chi connectivity index (χ1v) is 5.02. The summed E-state index contributed by atoms with van der Waals surface area (Å²) in [4.78, 5) is 21.7. The number of rotatable bonds is 4. The Hall–Kier alpha value is -1.90. The highest BCUT2D eigenvalue weighted by atomic mass is 16.2. The van der Waals surface area contributed by atoms with Crippen LogP contribution in [0.1, 0.15) is 29.7 Å². The van der Waals surface area contributed by atoms with Gasteiger partial charge in [0.15, 0.2) is 0 Å². The number of carbonyl (C=O) groups is 2. The average Bonchev–Trinajstić information content (AvgIpc) is 2.27. The molecule has 0 bridgehead atoms. The van der Waals surface area contributed by atoms with E-state index >= 15 is 0 Å². The van der Waals surface area contributed by atoms with E-state index in [1.165, 1.54) is 22.9 Å². The molecule has 1 rings (SSSR count). The SMILES string of the molecule is C.Cc1cc(/C=C/N(C=O)C=O)cc(C)c1C. The highest BCUT2D eigenvalue weighted by molar-refractivity contribution is 5.72. The lowest BCUT2D eigenvalue weighted by atomic mass is 10.0. The Morgan fingerprint density at radius 2 is 1.47 bits per heavy atom. The van der Waals surface area contributed by atoms with Gasteiger partial charge in [-0.2, -0.15) is 0 Å². The van der Waals surface area contributed by atoms with Gasteiger partial charge in [0.25, 0.3) is 0 Å². The maximum atomic E-state index is 10.4. The molecule has 0 saturated carbocycles. The summed E-state index contributed by atoms with van der Waals surface area (Å²) in [5.41, 5.74) is 4.64. The van der Waals surface area contributed by atoms with E-state index in [1.54, 1.807) is 6.08 Å². The van der Waals surface area contributed by atoms with Crippen LogP contribution in [-0.2, 0) is 9.59 Å². The van der Waals surface area contributed by atoms with Crippen molar-refractivity contribution in [2.75, 3.05) is 0 Å². The van der Waals surface area contributed by atoms with Crippen LogP contribution < -0.4 is 0 Å². The molecule has 0 saturated heterocycles. The average molecular weight is 233 g/mol. The standard InChI is InChI=1S/C13H15NO2.CH4/c1-10-6-13(7-11(2)12(10)3)4-5-14(8-15)9-16;/h4-9H,1-3H3;1H4/b5-4+;. The quantitative estimate of drug-likeness (QED) is 0.750. The fourth-order valence-corrected chi connectivity index (χ4v) is 1.43. The number of aryl methyl sites for hydroxylation is 2. The van der Waals surface area contributed by atoms with Crippen LogP contribution in [0, 0.1) is 20.8 Å². The zero-order chi connectivity index (χ0) is 12.1. The number of hydrogen-bond donors (Lipinski definition) is 0. The molecule has 0 radical (unpaired) electrons. The lowest BCUT2D eigenvalue weighted by Gasteiger charge is -2.06. The maximum absolute atomic E-state index is 10.4. The van der Waals surface area contributed by atoms with E-state index in [-0.39, 0.29) is 7.43 Å². The Morgan fingerprint density at radius 3 is 1.88 bits per heavy atom. The topological polar surface area (TPSA) is 37.4 Å². The van der Waals surface area contributed by atoms with Crippen LogP contribution in [-0.4, -0.2) is 17.7 Å². The molecule has 3 nitrogen and oxygen atoms in total. The van der Waals surface area contributed by atoms with Gasteiger partial charge in [0.05, 0.1) is 0 Å². The summed E-state index contributed by atoms with van der Waals surface area (Å²) in [6.45, 7) is 6.15. The summed E-state index contributed by atoms with van der Waals surface area (Å²) >= 11 is 0. The molecule has 0 heterocycles. The second kappa shape index (κ2) is 6.63. The summed E-state index contributed by atoms with van der Waals surface area (Å²) in [6.07, 6.45) is 4.13. The number of imide groups is 1. The van der Waals surface area contributed by atoms with E-state index in [9.17, 15) is 9.59 Å². The fraction of sp³-hybridized carbons (Fsp3) is 0.286. The Labute approximate surface area is 103 Å². The third-order valence-electron chi connectivity index (χ3n) is 2.63. The molecule has 0 spiro atoms. The largest absolute Gasteiger partial charge is 0.278 e. The lowest BCUT2D eigenvalue weighted by Crippen LogP contribution is -2.10. The highest BCUT2D eigenvalue weighted by Crippen LogP contribution is 2.16. The van der Waals surface area contributed by atoms with E-state index in [4.69, 9.17) is 0 Å². The number of benzene rings is 1. The molecule has 0 aromatic heterocycles. The highest BCUT2D eigenvalue weighted by Gasteiger charge is 1.99. The van der Waals surface area contributed by atoms with Gasteiger partial charge < -0.3 is 0 Å². The van der Waals surface area contributed by atoms with Crippen LogP contribution in [0.15, 0.2) is 18.3 Å². The van der Waals surface area contributed by atoms with Gasteiger partial charge in [-0.3, -0.25) is 14.5 Å². The Morgan fingerprint density at radius 1 is 1.00 bits per heavy atom. The zero-order valence-corrected chi connectivity index (χ0v) is 9.73. The van der Waals surface area contributed by atoms with E-state index in [0.29, 0.717) is 12.8 Å². The molecule has 1 aromatic carbocycles. The maximum Gasteiger partial charge on any atom is 0.220 e. The third-order valence-corrected chi connectivity index (χ3v) is 2.63. The lowest BCUT2D eigenvalue weighted by molar-refractivity contribution is -0.126. The van der Waals surface area contributed by atoms with Gasteiger partial charge in [0.1, 0.15) is 0 Å². The third kappa shape index (κ3) is 3.87. The van der Waals surface area contributed by atoms with Crippen LogP contribution in [0.25, 0.3) is 6.08 Å². The molecule has 0 atom stereocenters. The van der Waals surface area contributed by atoms with E-state index in [1.807, 2.05) is 26.0 Å². The molecule has 17 heavy (non-hydrogen) atoms. The van der Waals surface area contributed by atoms with E-state index in [2.05, 4.69) is 6.92 Å². The number of nitrogens with zero attached hydrogens (tertiary/aromatic N) is 1. The van der Waals surface area contributed by atoms with Crippen molar-refractivity contribution < 1.29 is 9.59 Å². The molecule has 1 aromatic rings. The fourth-order valence-electron chi connectivity index (χ4n) is 1.43. The molecule has 0 aliphatic carbocycles. The monoisotopic (exact) mass is 233 g/mol. The summed E-state index contributed by atoms with van der Waals surface area (Å²) in [5, 5.41) is 0. The minimum atomic E-state index is 0. The van der Waals surface area contributed by atoms with Gasteiger partial charge in [-0.15, -0.1) is 0 Å². The van der Waals surface area contributed by atoms with Gasteiger partial charge >= 0.3 is 0 Å². The van der Waals surface area contributed by atoms with Gasteiger partial charge in [-0.25, -0.2) is 0 Å². The first-order chi connectivity index (χ1) is 7.58. The van der Waals surface area contributed by atoms with E-state index < -0.39 is 0 Å². The Balaban J connectivity index is 0.00000256. The van der Waals surface area contributed by atoms with Gasteiger partial charge in [0.2, 0.25) is 12.8 Å². The number of hydrogen-bond acceptors (Lipinski definition) is 2. The van der Waals surface area contributed by atoms with Crippen molar-refractivity contribution in [3.05, 3.63) is 40.6 Å². The molecule has 0 aliphatic heterocycles. The molecule has 2 amide bonds. The van der Waals surface area contributed by atoms with Crippen LogP contribution in [0.2, 0.25) is 0 Å². The molecular weight excluding hydrogens is 214 g/mol. The molecular formula is C14H19NO2. The Kier molecular flexibility index (Phi) is 5.89. The van der Waals surface area contributed by atoms with Crippen LogP contribution in [0.4, 0.5) is 0 Å². The van der Waals surface area contributed by atoms with Crippen LogP contribution in [0.5, 0.6) is 0 Å². The van der Waals surface area contributed by atoms with Gasteiger partial charge in [-0.1, -0.05) is 19.6 Å². The van der Waals surface area contributed by atoms with Crippen molar-refractivity contribution in [1.29, 1.82) is 0 Å². The van der Waals surface area contributed by atoms with Crippen molar-refractivity contribution in [3.63, 3.8) is 0 Å². The summed E-state index contributed by atoms with van der Waals surface area (Å²) in [5.74, 6) is 0. The number of carbonyl (C=O) groups excluding carboxylic acids is 2. The first kappa shape index (κ1) is 15.1. The minimum Gasteiger partial charge on any atom is -0.278 e. The van der Waals surface area contributed by atoms with Crippen LogP contribution >= 0.6 is 0 Å². The first-order valence-electron chi connectivity index (χ1n) is 5.02. The van der Waals surface area contributed by atoms with Gasteiger partial charge in [-0.05, 0) is 49.1 Å². The molecule has 92 valence electrons. The van der Waals surface area contributed by atoms with Crippen molar-refractivity contribution in [2.24, 2.45) is 0 Å². The van der Waals surface area contributed by atoms with Crippen molar-refractivity contribution in [1.82, 2.24) is 4.90 Å². The predicted molar refractivity (Wildman–Crippen MR) is 70.4 cm³/mol. The van der Waals surface area contributed by atoms with E-state index in [0.717, 1.165) is 10.5 Å². The molecule has 0 unspecified atom stereocenters. The normalized spacial score (nSPS) is 9.82. The van der Waals surface area contributed by atoms with Crippen molar-refractivity contribution in [2.45, 2.75) is 28.2 Å². The van der Waals surface area contributed by atoms with Crippen molar-refractivity contribution in [3.8, 4) is 0 Å². The Bertz CT molecular complexity index is 405. The summed E-state index contributed by atoms with van der Waals surface area (Å²) in [6, 6.07) is 4.04. The number of amides is 2. The molecule has 0 fully saturated rings. The van der Waals surface area contributed by atoms with Gasteiger partial charge in [0, 0.05) is 6.20 Å². The summed E-state index contributed by atoms with van der Waals surface area (Å²) in [7, 11) is 0. The molecule has 3 heteroatoms. The van der Waals surface area contributed by atoms with Crippen LogP contribution in [0.3, 0.4) is 0 Å². The molecule has 0 N–H and O–H groups in total. The predicted octanol–water partition coefficient (Wildman–Crippen LogP) is 2.83. The smallest absolute Gasteiger partial charge is 0.220 e. The molecule has 0 aliphatic rings. The minimum absolute atomic E-state index is 0. The van der Waals surface area contributed by atoms with Crippen molar-refractivity contribution >= 4 is 18.9 Å². The second-order valence-electron chi connectivity index (χ2n) is 3.75. The second-order valence-corrected chi connectivity index (χ2v) is 3.75.